The van der Waals surface area contributed by atoms with Crippen LogP contribution in [0.2, 0.25) is 0 Å². The third kappa shape index (κ3) is 7.28. The summed E-state index contributed by atoms with van der Waals surface area (Å²) in [6, 6.07) is 0. The van der Waals surface area contributed by atoms with Gasteiger partial charge in [-0.15, -0.1) is 0 Å². The minimum absolute atomic E-state index is 0.124. The van der Waals surface area contributed by atoms with Crippen molar-refractivity contribution in [3.05, 3.63) is 0 Å². The van der Waals surface area contributed by atoms with Crippen LogP contribution in [-0.2, 0) is 0 Å². The molecule has 0 aromatic carbocycles. The molecule has 1 atom stereocenters. The van der Waals surface area contributed by atoms with Gasteiger partial charge >= 0.3 is 0 Å². The van der Waals surface area contributed by atoms with Crippen molar-refractivity contribution in [2.24, 2.45) is 10.7 Å². The molecule has 0 radical (unpaired) electrons. The molecule has 0 spiro atoms. The van der Waals surface area contributed by atoms with Crippen LogP contribution < -0.4 is 5.73 Å². The van der Waals surface area contributed by atoms with Crippen LogP contribution in [0.15, 0.2) is 4.99 Å². The number of hydrogen-bond acceptors (Lipinski definition) is 3. The second-order valence-electron chi connectivity index (χ2n) is 6.16. The number of nitrogens with zero attached hydrogens (tertiary/aromatic N) is 2. The Morgan fingerprint density at radius 2 is 1.55 bits per heavy atom. The molecule has 0 aliphatic carbocycles. The predicted octanol–water partition coefficient (Wildman–Crippen LogP) is 4.32. The highest BCUT2D eigenvalue weighted by molar-refractivity contribution is 5.83. The quantitative estimate of drug-likeness (QED) is 0.541. The number of hydrogen-bond donors (Lipinski definition) is 1. The molecule has 0 aromatic rings. The maximum Gasteiger partial charge on any atom is 0.100 e. The lowest BCUT2D eigenvalue weighted by Gasteiger charge is -2.24. The SMILES string of the molecule is CCCCCCCCCCCCC1=NCCN1C(C)N. The predicted molar refractivity (Wildman–Crippen MR) is 89.1 cm³/mol. The largest absolute Gasteiger partial charge is 0.343 e. The van der Waals surface area contributed by atoms with Crippen molar-refractivity contribution >= 4 is 5.84 Å². The number of unbranched alkanes of at least 4 members (excludes halogenated alkanes) is 9. The van der Waals surface area contributed by atoms with Gasteiger partial charge < -0.3 is 10.6 Å². The zero-order valence-electron chi connectivity index (χ0n) is 13.7. The van der Waals surface area contributed by atoms with E-state index >= 15 is 0 Å². The minimum atomic E-state index is 0.124. The van der Waals surface area contributed by atoms with Crippen LogP contribution in [0.4, 0.5) is 0 Å². The van der Waals surface area contributed by atoms with Gasteiger partial charge in [0, 0.05) is 13.0 Å². The molecule has 3 heteroatoms. The zero-order valence-corrected chi connectivity index (χ0v) is 13.7. The van der Waals surface area contributed by atoms with Crippen LogP contribution in [0.3, 0.4) is 0 Å². The maximum atomic E-state index is 5.95. The lowest BCUT2D eigenvalue weighted by Crippen LogP contribution is -2.41. The van der Waals surface area contributed by atoms with Gasteiger partial charge in [-0.3, -0.25) is 4.99 Å². The first-order chi connectivity index (χ1) is 9.75. The fourth-order valence-corrected chi connectivity index (χ4v) is 2.94. The molecule has 1 rings (SSSR count). The fourth-order valence-electron chi connectivity index (χ4n) is 2.94. The van der Waals surface area contributed by atoms with E-state index in [1.165, 1.54) is 70.0 Å². The Morgan fingerprint density at radius 3 is 2.10 bits per heavy atom. The van der Waals surface area contributed by atoms with Gasteiger partial charge in [0.05, 0.1) is 12.7 Å². The number of aliphatic imine (C=N–C) groups is 1. The molecule has 1 heterocycles. The summed E-state index contributed by atoms with van der Waals surface area (Å²) in [6.45, 7) is 6.29. The lowest BCUT2D eigenvalue weighted by molar-refractivity contribution is 0.358. The van der Waals surface area contributed by atoms with Crippen molar-refractivity contribution in [1.82, 2.24) is 4.90 Å². The summed E-state index contributed by atoms with van der Waals surface area (Å²) in [5.41, 5.74) is 5.95. The summed E-state index contributed by atoms with van der Waals surface area (Å²) >= 11 is 0. The first-order valence-electron chi connectivity index (χ1n) is 8.81. The van der Waals surface area contributed by atoms with Crippen LogP contribution >= 0.6 is 0 Å². The van der Waals surface area contributed by atoms with Gasteiger partial charge in [0.2, 0.25) is 0 Å². The summed E-state index contributed by atoms with van der Waals surface area (Å²) in [4.78, 5) is 6.83. The van der Waals surface area contributed by atoms with E-state index in [1.54, 1.807) is 0 Å². The Hall–Kier alpha value is -0.570. The van der Waals surface area contributed by atoms with Gasteiger partial charge in [0.25, 0.3) is 0 Å². The summed E-state index contributed by atoms with van der Waals surface area (Å²) in [5.74, 6) is 1.25. The Labute approximate surface area is 126 Å². The van der Waals surface area contributed by atoms with Crippen LogP contribution in [0.25, 0.3) is 0 Å². The highest BCUT2D eigenvalue weighted by Gasteiger charge is 2.18. The van der Waals surface area contributed by atoms with Gasteiger partial charge in [-0.25, -0.2) is 0 Å². The highest BCUT2D eigenvalue weighted by atomic mass is 15.3. The number of rotatable bonds is 12. The third-order valence-electron chi connectivity index (χ3n) is 4.21. The van der Waals surface area contributed by atoms with Crippen molar-refractivity contribution in [2.45, 2.75) is 90.6 Å². The van der Waals surface area contributed by atoms with Crippen molar-refractivity contribution in [3.8, 4) is 0 Å². The molecule has 2 N–H and O–H groups in total. The van der Waals surface area contributed by atoms with E-state index in [9.17, 15) is 0 Å². The second kappa shape index (κ2) is 11.1. The lowest BCUT2D eigenvalue weighted by atomic mass is 10.1. The van der Waals surface area contributed by atoms with Crippen molar-refractivity contribution in [2.75, 3.05) is 13.1 Å². The zero-order chi connectivity index (χ0) is 14.6. The monoisotopic (exact) mass is 281 g/mol. The molecule has 0 saturated heterocycles. The average molecular weight is 281 g/mol. The van der Waals surface area contributed by atoms with E-state index in [2.05, 4.69) is 23.7 Å². The second-order valence-corrected chi connectivity index (χ2v) is 6.16. The summed E-state index contributed by atoms with van der Waals surface area (Å²) in [5, 5.41) is 0. The van der Waals surface area contributed by atoms with Crippen molar-refractivity contribution in [1.29, 1.82) is 0 Å². The smallest absolute Gasteiger partial charge is 0.100 e. The standard InChI is InChI=1S/C17H35N3/c1-3-4-5-6-7-8-9-10-11-12-13-17-19-14-15-20(17)16(2)18/h16H,3-15,18H2,1-2H3. The molecule has 0 aromatic heterocycles. The van der Waals surface area contributed by atoms with Gasteiger partial charge in [-0.1, -0.05) is 64.7 Å². The first-order valence-corrected chi connectivity index (χ1v) is 8.81. The molecule has 118 valence electrons. The first kappa shape index (κ1) is 17.5. The van der Waals surface area contributed by atoms with E-state index in [-0.39, 0.29) is 6.17 Å². The summed E-state index contributed by atoms with van der Waals surface area (Å²) < 4.78 is 0. The van der Waals surface area contributed by atoms with Crippen LogP contribution in [0.5, 0.6) is 0 Å². The van der Waals surface area contributed by atoms with Crippen molar-refractivity contribution < 1.29 is 0 Å². The van der Waals surface area contributed by atoms with Crippen LogP contribution in [0.1, 0.15) is 84.5 Å². The topological polar surface area (TPSA) is 41.6 Å². The molecule has 1 aliphatic rings. The molecule has 0 fully saturated rings. The summed E-state index contributed by atoms with van der Waals surface area (Å²) in [6.07, 6.45) is 15.2. The van der Waals surface area contributed by atoms with E-state index in [4.69, 9.17) is 5.73 Å². The van der Waals surface area contributed by atoms with Crippen LogP contribution in [0, 0.1) is 0 Å². The molecule has 0 bridgehead atoms. The van der Waals surface area contributed by atoms with Gasteiger partial charge in [-0.2, -0.15) is 0 Å². The Morgan fingerprint density at radius 1 is 1.00 bits per heavy atom. The fraction of sp³-hybridized carbons (Fsp3) is 0.941. The summed E-state index contributed by atoms with van der Waals surface area (Å²) in [7, 11) is 0. The molecule has 0 saturated carbocycles. The molecule has 20 heavy (non-hydrogen) atoms. The van der Waals surface area contributed by atoms with Crippen LogP contribution in [-0.4, -0.2) is 30.0 Å². The van der Waals surface area contributed by atoms with E-state index < -0.39 is 0 Å². The highest BCUT2D eigenvalue weighted by Crippen LogP contribution is 2.14. The molecule has 1 aliphatic heterocycles. The van der Waals surface area contributed by atoms with Gasteiger partial charge in [0.15, 0.2) is 0 Å². The Kier molecular flexibility index (Phi) is 9.73. The third-order valence-corrected chi connectivity index (χ3v) is 4.21. The van der Waals surface area contributed by atoms with E-state index in [1.807, 2.05) is 0 Å². The average Bonchev–Trinajstić information content (AvgIpc) is 2.89. The van der Waals surface area contributed by atoms with Crippen molar-refractivity contribution in [3.63, 3.8) is 0 Å². The molecular formula is C17H35N3. The minimum Gasteiger partial charge on any atom is -0.343 e. The maximum absolute atomic E-state index is 5.95. The number of amidine groups is 1. The van der Waals surface area contributed by atoms with E-state index in [0.29, 0.717) is 0 Å². The van der Waals surface area contributed by atoms with E-state index in [0.717, 1.165) is 19.5 Å². The molecule has 3 nitrogen and oxygen atoms in total. The van der Waals surface area contributed by atoms with Gasteiger partial charge in [-0.05, 0) is 13.3 Å². The number of nitrogens with two attached hydrogens (primary N) is 1. The Balaban J connectivity index is 1.90. The molecular weight excluding hydrogens is 246 g/mol. The normalized spacial score (nSPS) is 16.6. The Bertz CT molecular complexity index is 261. The van der Waals surface area contributed by atoms with Gasteiger partial charge in [0.1, 0.15) is 5.84 Å². The molecule has 1 unspecified atom stereocenters. The molecule has 0 amide bonds.